The Kier molecular flexibility index (Phi) is 5.63. The first-order chi connectivity index (χ1) is 8.78. The van der Waals surface area contributed by atoms with Crippen LogP contribution in [0.5, 0.6) is 0 Å². The van der Waals surface area contributed by atoms with Gasteiger partial charge < -0.3 is 15.4 Å². The van der Waals surface area contributed by atoms with Gasteiger partial charge in [-0.1, -0.05) is 19.3 Å². The van der Waals surface area contributed by atoms with E-state index < -0.39 is 17.7 Å². The molecule has 1 rings (SSSR count). The van der Waals surface area contributed by atoms with Gasteiger partial charge in [0, 0.05) is 6.04 Å². The maximum absolute atomic E-state index is 11.9. The molecule has 0 bridgehead atoms. The van der Waals surface area contributed by atoms with Gasteiger partial charge in [-0.3, -0.25) is 4.79 Å². The van der Waals surface area contributed by atoms with Gasteiger partial charge in [0.15, 0.2) is 0 Å². The molecule has 1 atom stereocenters. The molecular weight excluding hydrogens is 244 g/mol. The molecule has 110 valence electrons. The van der Waals surface area contributed by atoms with Crippen LogP contribution in [0.25, 0.3) is 0 Å². The Hall–Kier alpha value is -1.26. The molecular formula is C14H26N2O3. The minimum atomic E-state index is -0.572. The number of alkyl carbamates (subject to hydrolysis) is 1. The van der Waals surface area contributed by atoms with Crippen LogP contribution >= 0.6 is 0 Å². The van der Waals surface area contributed by atoms with E-state index >= 15 is 0 Å². The highest BCUT2D eigenvalue weighted by Gasteiger charge is 2.23. The topological polar surface area (TPSA) is 67.4 Å². The summed E-state index contributed by atoms with van der Waals surface area (Å²) in [5, 5.41) is 5.53. The summed E-state index contributed by atoms with van der Waals surface area (Å²) < 4.78 is 5.12. The molecule has 1 aliphatic carbocycles. The number of rotatable bonds is 3. The molecule has 1 saturated carbocycles. The Morgan fingerprint density at radius 2 is 1.74 bits per heavy atom. The van der Waals surface area contributed by atoms with Gasteiger partial charge in [-0.05, 0) is 40.5 Å². The summed E-state index contributed by atoms with van der Waals surface area (Å²) in [5.41, 5.74) is -0.552. The van der Waals surface area contributed by atoms with E-state index in [2.05, 4.69) is 10.6 Å². The molecule has 1 unspecified atom stereocenters. The third kappa shape index (κ3) is 6.45. The van der Waals surface area contributed by atoms with E-state index in [1.807, 2.05) is 0 Å². The van der Waals surface area contributed by atoms with Crippen molar-refractivity contribution >= 4 is 12.0 Å². The summed E-state index contributed by atoms with van der Waals surface area (Å²) in [6.45, 7) is 7.04. The van der Waals surface area contributed by atoms with Gasteiger partial charge in [-0.25, -0.2) is 4.79 Å². The highest BCUT2D eigenvalue weighted by atomic mass is 16.6. The maximum Gasteiger partial charge on any atom is 0.408 e. The van der Waals surface area contributed by atoms with Crippen molar-refractivity contribution in [1.29, 1.82) is 0 Å². The van der Waals surface area contributed by atoms with Gasteiger partial charge in [0.25, 0.3) is 0 Å². The Morgan fingerprint density at radius 1 is 1.16 bits per heavy atom. The molecule has 0 heterocycles. The highest BCUT2D eigenvalue weighted by molar-refractivity contribution is 5.85. The van der Waals surface area contributed by atoms with Gasteiger partial charge in [-0.15, -0.1) is 0 Å². The first-order valence-corrected chi connectivity index (χ1v) is 7.08. The van der Waals surface area contributed by atoms with Crippen LogP contribution < -0.4 is 10.6 Å². The lowest BCUT2D eigenvalue weighted by Crippen LogP contribution is -2.49. The van der Waals surface area contributed by atoms with Crippen LogP contribution in [0, 0.1) is 0 Å². The lowest BCUT2D eigenvalue weighted by Gasteiger charge is -2.25. The second kappa shape index (κ2) is 6.78. The van der Waals surface area contributed by atoms with Crippen molar-refractivity contribution in [2.75, 3.05) is 0 Å². The molecule has 0 radical (unpaired) electrons. The van der Waals surface area contributed by atoms with E-state index in [9.17, 15) is 9.59 Å². The average Bonchev–Trinajstić information content (AvgIpc) is 2.27. The predicted molar refractivity (Wildman–Crippen MR) is 73.8 cm³/mol. The first-order valence-electron chi connectivity index (χ1n) is 7.08. The summed E-state index contributed by atoms with van der Waals surface area (Å²) in [6.07, 6.45) is 5.09. The van der Waals surface area contributed by atoms with Crippen LogP contribution in [0.2, 0.25) is 0 Å². The molecule has 1 fully saturated rings. The molecule has 0 aromatic carbocycles. The molecule has 0 aromatic rings. The first kappa shape index (κ1) is 15.8. The van der Waals surface area contributed by atoms with E-state index in [0.29, 0.717) is 0 Å². The SMILES string of the molecule is CC(NC(=O)OC(C)(C)C)C(=O)NC1CCCCC1. The summed E-state index contributed by atoms with van der Waals surface area (Å²) in [5.74, 6) is -0.141. The zero-order valence-electron chi connectivity index (χ0n) is 12.4. The number of carbonyl (C=O) groups excluding carboxylic acids is 2. The molecule has 1 aliphatic rings. The average molecular weight is 270 g/mol. The summed E-state index contributed by atoms with van der Waals surface area (Å²) >= 11 is 0. The summed E-state index contributed by atoms with van der Waals surface area (Å²) in [7, 11) is 0. The van der Waals surface area contributed by atoms with Crippen molar-refractivity contribution in [3.8, 4) is 0 Å². The van der Waals surface area contributed by atoms with Crippen LogP contribution in [0.1, 0.15) is 59.8 Å². The fraction of sp³-hybridized carbons (Fsp3) is 0.857. The molecule has 5 heteroatoms. The van der Waals surface area contributed by atoms with E-state index in [1.54, 1.807) is 27.7 Å². The molecule has 2 N–H and O–H groups in total. The number of hydrogen-bond donors (Lipinski definition) is 2. The standard InChI is InChI=1S/C14H26N2O3/c1-10(15-13(18)19-14(2,3)4)12(17)16-11-8-6-5-7-9-11/h10-11H,5-9H2,1-4H3,(H,15,18)(H,16,17). The van der Waals surface area contributed by atoms with Crippen molar-refractivity contribution < 1.29 is 14.3 Å². The Morgan fingerprint density at radius 3 is 2.26 bits per heavy atom. The zero-order valence-corrected chi connectivity index (χ0v) is 12.4. The number of carbonyl (C=O) groups is 2. The minimum Gasteiger partial charge on any atom is -0.444 e. The van der Waals surface area contributed by atoms with E-state index in [-0.39, 0.29) is 11.9 Å². The van der Waals surface area contributed by atoms with Crippen molar-refractivity contribution in [3.63, 3.8) is 0 Å². The lowest BCUT2D eigenvalue weighted by atomic mass is 9.95. The molecule has 0 spiro atoms. The highest BCUT2D eigenvalue weighted by Crippen LogP contribution is 2.17. The number of ether oxygens (including phenoxy) is 1. The summed E-state index contributed by atoms with van der Waals surface area (Å²) in [4.78, 5) is 23.5. The normalized spacial score (nSPS) is 18.5. The number of nitrogens with one attached hydrogen (secondary N) is 2. The van der Waals surface area contributed by atoms with Gasteiger partial charge in [-0.2, -0.15) is 0 Å². The largest absolute Gasteiger partial charge is 0.444 e. The minimum absolute atomic E-state index is 0.141. The fourth-order valence-electron chi connectivity index (χ4n) is 2.12. The Balaban J connectivity index is 2.33. The van der Waals surface area contributed by atoms with Crippen LogP contribution in [0.3, 0.4) is 0 Å². The van der Waals surface area contributed by atoms with E-state index in [4.69, 9.17) is 4.74 Å². The molecule has 5 nitrogen and oxygen atoms in total. The van der Waals surface area contributed by atoms with Crippen LogP contribution in [0.15, 0.2) is 0 Å². The third-order valence-electron chi connectivity index (χ3n) is 3.08. The van der Waals surface area contributed by atoms with Gasteiger partial charge >= 0.3 is 6.09 Å². The van der Waals surface area contributed by atoms with Crippen molar-refractivity contribution in [2.45, 2.75) is 77.5 Å². The van der Waals surface area contributed by atoms with Gasteiger partial charge in [0.05, 0.1) is 0 Å². The quantitative estimate of drug-likeness (QED) is 0.827. The molecule has 2 amide bonds. The van der Waals surface area contributed by atoms with Crippen molar-refractivity contribution in [2.24, 2.45) is 0 Å². The van der Waals surface area contributed by atoms with Crippen molar-refractivity contribution in [1.82, 2.24) is 10.6 Å². The van der Waals surface area contributed by atoms with Gasteiger partial charge in [0.2, 0.25) is 5.91 Å². The van der Waals surface area contributed by atoms with Crippen molar-refractivity contribution in [3.05, 3.63) is 0 Å². The van der Waals surface area contributed by atoms with E-state index in [1.165, 1.54) is 19.3 Å². The zero-order chi connectivity index (χ0) is 14.5. The smallest absolute Gasteiger partial charge is 0.408 e. The Bertz CT molecular complexity index is 317. The van der Waals surface area contributed by atoms with Crippen LogP contribution in [0.4, 0.5) is 4.79 Å². The number of amides is 2. The third-order valence-corrected chi connectivity index (χ3v) is 3.08. The molecule has 0 aliphatic heterocycles. The van der Waals surface area contributed by atoms with Crippen LogP contribution in [-0.4, -0.2) is 29.7 Å². The number of hydrogen-bond acceptors (Lipinski definition) is 3. The monoisotopic (exact) mass is 270 g/mol. The molecule has 0 saturated heterocycles. The van der Waals surface area contributed by atoms with E-state index in [0.717, 1.165) is 12.8 Å². The summed E-state index contributed by atoms with van der Waals surface area (Å²) in [6, 6.07) is -0.319. The predicted octanol–water partition coefficient (Wildman–Crippen LogP) is 2.35. The lowest BCUT2D eigenvalue weighted by molar-refractivity contribution is -0.123. The fourth-order valence-corrected chi connectivity index (χ4v) is 2.12. The maximum atomic E-state index is 11.9. The second-order valence-corrected chi connectivity index (χ2v) is 6.21. The molecule has 0 aromatic heterocycles. The second-order valence-electron chi connectivity index (χ2n) is 6.21. The Labute approximate surface area is 115 Å². The van der Waals surface area contributed by atoms with Gasteiger partial charge in [0.1, 0.15) is 11.6 Å². The van der Waals surface area contributed by atoms with Crippen LogP contribution in [-0.2, 0) is 9.53 Å². The molecule has 19 heavy (non-hydrogen) atoms.